The lowest BCUT2D eigenvalue weighted by Crippen LogP contribution is -2.40. The summed E-state index contributed by atoms with van der Waals surface area (Å²) in [5.41, 5.74) is -3.46. The Morgan fingerprint density at radius 3 is 1.17 bits per heavy atom. The van der Waals surface area contributed by atoms with E-state index in [9.17, 15) is 19.2 Å². The SMILES string of the molecule is COC(=O)C1(C(=O)OC)C[C@H]2C[C@@]2(C#C[C@]23C[C@H]2CC(C(=O)OC)(C(=O)OC)C3)C1. The Bertz CT molecular complexity index is 793. The van der Waals surface area contributed by atoms with Crippen LogP contribution in [0.2, 0.25) is 0 Å². The lowest BCUT2D eigenvalue weighted by molar-refractivity contribution is -0.171. The first-order chi connectivity index (χ1) is 14.2. The third-order valence-electron chi connectivity index (χ3n) is 7.75. The van der Waals surface area contributed by atoms with Crippen LogP contribution in [0.5, 0.6) is 0 Å². The van der Waals surface area contributed by atoms with E-state index in [1.54, 1.807) is 0 Å². The molecule has 8 nitrogen and oxygen atoms in total. The van der Waals surface area contributed by atoms with Crippen molar-refractivity contribution in [2.75, 3.05) is 28.4 Å². The molecular weight excluding hydrogens is 392 g/mol. The van der Waals surface area contributed by atoms with Crippen molar-refractivity contribution in [3.8, 4) is 11.8 Å². The highest BCUT2D eigenvalue weighted by Gasteiger charge is 2.73. The zero-order valence-corrected chi connectivity index (χ0v) is 17.7. The predicted octanol–water partition coefficient (Wildman–Crippen LogP) is 1.25. The van der Waals surface area contributed by atoms with Crippen LogP contribution in [0.15, 0.2) is 0 Å². The molecule has 0 aromatic rings. The van der Waals surface area contributed by atoms with E-state index in [0.717, 1.165) is 12.8 Å². The molecule has 0 heterocycles. The lowest BCUT2D eigenvalue weighted by Gasteiger charge is -2.25. The van der Waals surface area contributed by atoms with E-state index in [0.29, 0.717) is 12.8 Å². The number of carbonyl (C=O) groups excluding carboxylic acids is 4. The molecule has 0 radical (unpaired) electrons. The quantitative estimate of drug-likeness (QED) is 0.291. The van der Waals surface area contributed by atoms with Crippen LogP contribution in [-0.4, -0.2) is 52.3 Å². The fourth-order valence-electron chi connectivity index (χ4n) is 6.01. The number of methoxy groups -OCH3 is 4. The molecule has 162 valence electrons. The third-order valence-corrected chi connectivity index (χ3v) is 7.75. The minimum atomic E-state index is -1.31. The molecule has 0 saturated heterocycles. The second kappa shape index (κ2) is 6.47. The van der Waals surface area contributed by atoms with Gasteiger partial charge in [-0.3, -0.25) is 19.2 Å². The van der Waals surface area contributed by atoms with Crippen LogP contribution in [0.25, 0.3) is 0 Å². The van der Waals surface area contributed by atoms with E-state index in [1.807, 2.05) is 0 Å². The Hall–Kier alpha value is -2.56. The van der Waals surface area contributed by atoms with Crippen molar-refractivity contribution in [3.05, 3.63) is 0 Å². The summed E-state index contributed by atoms with van der Waals surface area (Å²) in [6, 6.07) is 0. The Labute approximate surface area is 174 Å². The summed E-state index contributed by atoms with van der Waals surface area (Å²) in [5, 5.41) is 0. The van der Waals surface area contributed by atoms with Gasteiger partial charge in [0.1, 0.15) is 0 Å². The highest BCUT2D eigenvalue weighted by molar-refractivity contribution is 6.01. The molecule has 0 aromatic carbocycles. The molecule has 0 amide bonds. The first-order valence-electron chi connectivity index (χ1n) is 10.1. The monoisotopic (exact) mass is 418 g/mol. The van der Waals surface area contributed by atoms with Gasteiger partial charge in [0.15, 0.2) is 10.8 Å². The van der Waals surface area contributed by atoms with Gasteiger partial charge in [0.25, 0.3) is 0 Å². The smallest absolute Gasteiger partial charge is 0.323 e. The van der Waals surface area contributed by atoms with Gasteiger partial charge in [0.2, 0.25) is 0 Å². The van der Waals surface area contributed by atoms with Gasteiger partial charge in [-0.25, -0.2) is 0 Å². The van der Waals surface area contributed by atoms with Gasteiger partial charge < -0.3 is 18.9 Å². The standard InChI is InChI=1S/C22H26O8/c1-27-15(23)21(16(24)28-2)9-13-7-19(13,11-21)5-6-20-8-14(20)10-22(12-20,17(25)29-3)18(26)30-4/h13-14H,7-12H2,1-4H3/t13-,14+,19+,20-. The summed E-state index contributed by atoms with van der Waals surface area (Å²) < 4.78 is 19.6. The lowest BCUT2D eigenvalue weighted by atomic mass is 9.79. The zero-order valence-electron chi connectivity index (χ0n) is 17.7. The average Bonchev–Trinajstić information content (AvgIpc) is 3.56. The summed E-state index contributed by atoms with van der Waals surface area (Å²) in [7, 11) is 5.06. The zero-order chi connectivity index (χ0) is 21.9. The van der Waals surface area contributed by atoms with Gasteiger partial charge in [-0.15, -0.1) is 0 Å². The Balaban J connectivity index is 1.58. The molecular formula is C22H26O8. The van der Waals surface area contributed by atoms with Crippen molar-refractivity contribution < 1.29 is 38.1 Å². The molecule has 4 aliphatic rings. The molecule has 0 unspecified atom stereocenters. The number of esters is 4. The van der Waals surface area contributed by atoms with Gasteiger partial charge in [-0.05, 0) is 50.4 Å². The maximum atomic E-state index is 12.4. The molecule has 4 saturated carbocycles. The van der Waals surface area contributed by atoms with Crippen LogP contribution in [0.1, 0.15) is 38.5 Å². The van der Waals surface area contributed by atoms with E-state index < -0.39 is 45.5 Å². The highest BCUT2D eigenvalue weighted by atomic mass is 16.6. The van der Waals surface area contributed by atoms with Gasteiger partial charge in [-0.1, -0.05) is 11.8 Å². The van der Waals surface area contributed by atoms with Crippen molar-refractivity contribution in [3.63, 3.8) is 0 Å². The number of rotatable bonds is 4. The average molecular weight is 418 g/mol. The van der Waals surface area contributed by atoms with E-state index >= 15 is 0 Å². The fourth-order valence-corrected chi connectivity index (χ4v) is 6.01. The van der Waals surface area contributed by atoms with Crippen molar-refractivity contribution in [2.24, 2.45) is 33.5 Å². The Morgan fingerprint density at radius 2 is 0.900 bits per heavy atom. The van der Waals surface area contributed by atoms with Crippen LogP contribution in [0.3, 0.4) is 0 Å². The molecule has 8 heteroatoms. The molecule has 4 fully saturated rings. The van der Waals surface area contributed by atoms with Crippen molar-refractivity contribution >= 4 is 23.9 Å². The van der Waals surface area contributed by atoms with Crippen LogP contribution >= 0.6 is 0 Å². The summed E-state index contributed by atoms with van der Waals surface area (Å²) >= 11 is 0. The summed E-state index contributed by atoms with van der Waals surface area (Å²) in [4.78, 5) is 49.6. The molecule has 0 N–H and O–H groups in total. The van der Waals surface area contributed by atoms with Crippen LogP contribution in [0.4, 0.5) is 0 Å². The molecule has 30 heavy (non-hydrogen) atoms. The fraction of sp³-hybridized carbons (Fsp3) is 0.727. The summed E-state index contributed by atoms with van der Waals surface area (Å²) in [5.74, 6) is 4.63. The second-order valence-corrected chi connectivity index (χ2v) is 9.26. The minimum absolute atomic E-state index is 0.129. The minimum Gasteiger partial charge on any atom is -0.468 e. The van der Waals surface area contributed by atoms with Gasteiger partial charge >= 0.3 is 23.9 Å². The van der Waals surface area contributed by atoms with Gasteiger partial charge in [0, 0.05) is 10.8 Å². The largest absolute Gasteiger partial charge is 0.468 e. The van der Waals surface area contributed by atoms with Gasteiger partial charge in [0.05, 0.1) is 28.4 Å². The summed E-state index contributed by atoms with van der Waals surface area (Å²) in [6.07, 6.45) is 2.91. The summed E-state index contributed by atoms with van der Waals surface area (Å²) in [6.45, 7) is 0. The van der Waals surface area contributed by atoms with Crippen LogP contribution in [0, 0.1) is 45.3 Å². The molecule has 4 rings (SSSR count). The van der Waals surface area contributed by atoms with Crippen molar-refractivity contribution in [1.29, 1.82) is 0 Å². The first-order valence-corrected chi connectivity index (χ1v) is 10.1. The van der Waals surface area contributed by atoms with E-state index in [-0.39, 0.29) is 24.7 Å². The Kier molecular flexibility index (Phi) is 4.46. The highest BCUT2D eigenvalue weighted by Crippen LogP contribution is 2.72. The van der Waals surface area contributed by atoms with Crippen LogP contribution < -0.4 is 0 Å². The maximum Gasteiger partial charge on any atom is 0.323 e. The molecule has 0 bridgehead atoms. The topological polar surface area (TPSA) is 105 Å². The van der Waals surface area contributed by atoms with E-state index in [4.69, 9.17) is 18.9 Å². The predicted molar refractivity (Wildman–Crippen MR) is 100 cm³/mol. The number of carbonyl (C=O) groups is 4. The van der Waals surface area contributed by atoms with Crippen LogP contribution in [-0.2, 0) is 38.1 Å². The number of fused-ring (bicyclic) bond motifs is 2. The van der Waals surface area contributed by atoms with E-state index in [2.05, 4.69) is 11.8 Å². The normalized spacial score (nSPS) is 35.6. The number of ether oxygens (including phenoxy) is 4. The molecule has 4 atom stereocenters. The van der Waals surface area contributed by atoms with Crippen molar-refractivity contribution in [1.82, 2.24) is 0 Å². The van der Waals surface area contributed by atoms with E-state index in [1.165, 1.54) is 28.4 Å². The molecule has 0 aliphatic heterocycles. The third kappa shape index (κ3) is 2.60. The second-order valence-electron chi connectivity index (χ2n) is 9.26. The maximum absolute atomic E-state index is 12.4. The molecule has 4 aliphatic carbocycles. The number of hydrogen-bond acceptors (Lipinski definition) is 8. The Morgan fingerprint density at radius 1 is 0.600 bits per heavy atom. The first kappa shape index (κ1) is 20.7. The van der Waals surface area contributed by atoms with Crippen molar-refractivity contribution in [2.45, 2.75) is 38.5 Å². The molecule has 0 aromatic heterocycles. The van der Waals surface area contributed by atoms with Gasteiger partial charge in [-0.2, -0.15) is 0 Å². The number of hydrogen-bond donors (Lipinski definition) is 0. The molecule has 0 spiro atoms.